The average Bonchev–Trinajstić information content (AvgIpc) is 2.78. The van der Waals surface area contributed by atoms with Crippen LogP contribution in [0.25, 0.3) is 0 Å². The summed E-state index contributed by atoms with van der Waals surface area (Å²) in [5, 5.41) is 9.23. The predicted octanol–water partition coefficient (Wildman–Crippen LogP) is 5.87. The van der Waals surface area contributed by atoms with E-state index in [1.165, 1.54) is 0 Å². The lowest BCUT2D eigenvalue weighted by Crippen LogP contribution is -2.35. The van der Waals surface area contributed by atoms with Gasteiger partial charge in [0.05, 0.1) is 24.4 Å². The molecule has 0 aliphatic heterocycles. The first-order valence-corrected chi connectivity index (χ1v) is 11.2. The van der Waals surface area contributed by atoms with E-state index in [1.807, 2.05) is 30.3 Å². The maximum Gasteiger partial charge on any atom is 0.307 e. The number of benzene rings is 2. The molecule has 0 aliphatic rings. The van der Waals surface area contributed by atoms with Crippen molar-refractivity contribution in [3.8, 4) is 0 Å². The van der Waals surface area contributed by atoms with Crippen LogP contribution >= 0.6 is 11.6 Å². The molecule has 1 amide bonds. The SMILES string of the molecule is CCOC(=O)CCN(C(=O)CC(CC)CC)c1ccc(Cl)cc1C(=N)c1ccccc1. The van der Waals surface area contributed by atoms with Crippen molar-refractivity contribution in [3.05, 3.63) is 64.7 Å². The van der Waals surface area contributed by atoms with E-state index in [-0.39, 0.29) is 36.5 Å². The fourth-order valence-corrected chi connectivity index (χ4v) is 3.63. The number of amides is 1. The number of anilines is 1. The Kier molecular flexibility index (Phi) is 9.73. The molecule has 0 spiro atoms. The molecule has 0 heterocycles. The van der Waals surface area contributed by atoms with Crippen molar-refractivity contribution in [2.24, 2.45) is 5.92 Å². The Bertz CT molecular complexity index is 895. The molecule has 1 N–H and O–H groups in total. The number of carbonyl (C=O) groups excluding carboxylic acids is 2. The summed E-state index contributed by atoms with van der Waals surface area (Å²) in [6.45, 7) is 6.39. The Morgan fingerprint density at radius 1 is 1.06 bits per heavy atom. The maximum absolute atomic E-state index is 13.3. The monoisotopic (exact) mass is 442 g/mol. The summed E-state index contributed by atoms with van der Waals surface area (Å²) < 4.78 is 5.06. The molecular weight excluding hydrogens is 412 g/mol. The standard InChI is InChI=1S/C25H31ClN2O3/c1-4-18(5-2)16-23(29)28(15-14-24(30)31-6-3)22-13-12-20(26)17-21(22)25(27)19-10-8-7-9-11-19/h7-13,17-18,27H,4-6,14-16H2,1-3H3. The van der Waals surface area contributed by atoms with E-state index in [1.54, 1.807) is 30.0 Å². The molecule has 0 fully saturated rings. The van der Waals surface area contributed by atoms with Crippen LogP contribution in [-0.2, 0) is 14.3 Å². The van der Waals surface area contributed by atoms with Gasteiger partial charge in [0.1, 0.15) is 0 Å². The third-order valence-corrected chi connectivity index (χ3v) is 5.58. The zero-order chi connectivity index (χ0) is 22.8. The summed E-state index contributed by atoms with van der Waals surface area (Å²) in [5.74, 6) is -0.152. The minimum absolute atomic E-state index is 0.0672. The highest BCUT2D eigenvalue weighted by atomic mass is 35.5. The number of hydrogen-bond acceptors (Lipinski definition) is 4. The van der Waals surface area contributed by atoms with Crippen LogP contribution in [0.15, 0.2) is 48.5 Å². The van der Waals surface area contributed by atoms with Crippen molar-refractivity contribution in [3.63, 3.8) is 0 Å². The molecule has 0 saturated carbocycles. The van der Waals surface area contributed by atoms with E-state index in [4.69, 9.17) is 21.7 Å². The Morgan fingerprint density at radius 2 is 1.74 bits per heavy atom. The van der Waals surface area contributed by atoms with Gasteiger partial charge in [-0.05, 0) is 31.0 Å². The van der Waals surface area contributed by atoms with Crippen molar-refractivity contribution < 1.29 is 14.3 Å². The van der Waals surface area contributed by atoms with Crippen molar-refractivity contribution >= 4 is 34.9 Å². The van der Waals surface area contributed by atoms with Gasteiger partial charge in [-0.1, -0.05) is 68.6 Å². The summed E-state index contributed by atoms with van der Waals surface area (Å²) in [5.41, 5.74) is 2.14. The number of esters is 1. The van der Waals surface area contributed by atoms with Crippen LogP contribution in [-0.4, -0.2) is 30.7 Å². The summed E-state index contributed by atoms with van der Waals surface area (Å²) in [7, 11) is 0. The first-order valence-electron chi connectivity index (χ1n) is 10.8. The maximum atomic E-state index is 13.3. The third-order valence-electron chi connectivity index (χ3n) is 5.35. The van der Waals surface area contributed by atoms with Crippen LogP contribution in [0.4, 0.5) is 5.69 Å². The molecular formula is C25H31ClN2O3. The van der Waals surface area contributed by atoms with Crippen molar-refractivity contribution in [2.45, 2.75) is 46.5 Å². The number of nitrogens with one attached hydrogen (secondary N) is 1. The highest BCUT2D eigenvalue weighted by molar-refractivity contribution is 6.31. The van der Waals surface area contributed by atoms with Gasteiger partial charge in [0, 0.05) is 29.1 Å². The highest BCUT2D eigenvalue weighted by Crippen LogP contribution is 2.29. The fourth-order valence-electron chi connectivity index (χ4n) is 3.45. The lowest BCUT2D eigenvalue weighted by molar-refractivity contribution is -0.142. The quantitative estimate of drug-likeness (QED) is 0.349. The van der Waals surface area contributed by atoms with Crippen molar-refractivity contribution in [2.75, 3.05) is 18.1 Å². The van der Waals surface area contributed by atoms with E-state index < -0.39 is 0 Å². The van der Waals surface area contributed by atoms with Gasteiger partial charge in [-0.3, -0.25) is 15.0 Å². The molecule has 0 bridgehead atoms. The normalized spacial score (nSPS) is 10.7. The van der Waals surface area contributed by atoms with Crippen LogP contribution in [0.2, 0.25) is 5.02 Å². The van der Waals surface area contributed by atoms with Crippen LogP contribution in [0.5, 0.6) is 0 Å². The molecule has 0 radical (unpaired) electrons. The first kappa shape index (κ1) is 24.6. The zero-order valence-electron chi connectivity index (χ0n) is 18.5. The van der Waals surface area contributed by atoms with E-state index >= 15 is 0 Å². The van der Waals surface area contributed by atoms with E-state index in [2.05, 4.69) is 13.8 Å². The molecule has 0 atom stereocenters. The van der Waals surface area contributed by atoms with Gasteiger partial charge < -0.3 is 9.64 Å². The molecule has 5 nitrogen and oxygen atoms in total. The summed E-state index contributed by atoms with van der Waals surface area (Å²) >= 11 is 6.26. The molecule has 2 rings (SSSR count). The molecule has 6 heteroatoms. The minimum atomic E-state index is -0.350. The first-order chi connectivity index (χ1) is 14.9. The van der Waals surface area contributed by atoms with Crippen LogP contribution in [0, 0.1) is 11.3 Å². The van der Waals surface area contributed by atoms with Gasteiger partial charge in [-0.2, -0.15) is 0 Å². The van der Waals surface area contributed by atoms with Gasteiger partial charge in [-0.15, -0.1) is 0 Å². The lowest BCUT2D eigenvalue weighted by atomic mass is 9.97. The number of ether oxygens (including phenoxy) is 1. The van der Waals surface area contributed by atoms with Gasteiger partial charge in [0.2, 0.25) is 5.91 Å². The largest absolute Gasteiger partial charge is 0.466 e. The second-order valence-electron chi connectivity index (χ2n) is 7.39. The van der Waals surface area contributed by atoms with E-state index in [9.17, 15) is 9.59 Å². The Hall–Kier alpha value is -2.66. The van der Waals surface area contributed by atoms with Crippen LogP contribution in [0.1, 0.15) is 57.6 Å². The second kappa shape index (κ2) is 12.3. The van der Waals surface area contributed by atoms with Crippen molar-refractivity contribution in [1.82, 2.24) is 0 Å². The number of rotatable bonds is 11. The molecule has 0 saturated heterocycles. The average molecular weight is 443 g/mol. The van der Waals surface area contributed by atoms with Gasteiger partial charge >= 0.3 is 5.97 Å². The van der Waals surface area contributed by atoms with Gasteiger partial charge in [-0.25, -0.2) is 0 Å². The third kappa shape index (κ3) is 6.93. The zero-order valence-corrected chi connectivity index (χ0v) is 19.2. The fraction of sp³-hybridized carbons (Fsp3) is 0.400. The second-order valence-corrected chi connectivity index (χ2v) is 7.83. The number of hydrogen-bond donors (Lipinski definition) is 1. The predicted molar refractivity (Wildman–Crippen MR) is 126 cm³/mol. The summed E-state index contributed by atoms with van der Waals surface area (Å²) in [6.07, 6.45) is 2.28. The molecule has 2 aromatic carbocycles. The lowest BCUT2D eigenvalue weighted by Gasteiger charge is -2.27. The molecule has 166 valence electrons. The molecule has 31 heavy (non-hydrogen) atoms. The number of halogens is 1. The van der Waals surface area contributed by atoms with Gasteiger partial charge in [0.15, 0.2) is 0 Å². The highest BCUT2D eigenvalue weighted by Gasteiger charge is 2.24. The van der Waals surface area contributed by atoms with E-state index in [0.717, 1.165) is 18.4 Å². The summed E-state index contributed by atoms with van der Waals surface area (Å²) in [4.78, 5) is 26.9. The summed E-state index contributed by atoms with van der Waals surface area (Å²) in [6, 6.07) is 14.5. The molecule has 2 aromatic rings. The van der Waals surface area contributed by atoms with Crippen LogP contribution < -0.4 is 4.90 Å². The minimum Gasteiger partial charge on any atom is -0.466 e. The van der Waals surface area contributed by atoms with Crippen molar-refractivity contribution in [1.29, 1.82) is 5.41 Å². The Balaban J connectivity index is 2.45. The van der Waals surface area contributed by atoms with E-state index in [0.29, 0.717) is 29.3 Å². The molecule has 0 aromatic heterocycles. The van der Waals surface area contributed by atoms with Crippen LogP contribution in [0.3, 0.4) is 0 Å². The Labute approximate surface area is 189 Å². The van der Waals surface area contributed by atoms with Gasteiger partial charge in [0.25, 0.3) is 0 Å². The number of nitrogens with zero attached hydrogens (tertiary/aromatic N) is 1. The Morgan fingerprint density at radius 3 is 2.35 bits per heavy atom. The smallest absolute Gasteiger partial charge is 0.307 e. The number of carbonyl (C=O) groups is 2. The molecule has 0 aliphatic carbocycles. The molecule has 0 unspecified atom stereocenters. The topological polar surface area (TPSA) is 70.5 Å².